The Morgan fingerprint density at radius 1 is 1.16 bits per heavy atom. The Bertz CT molecular complexity index is 504. The molecule has 0 atom stereocenters. The SMILES string of the molecule is C/C=C/C=C/C(=O)Nc1cc(OC)c(OC)cc1C. The molecule has 0 fully saturated rings. The van der Waals surface area contributed by atoms with Gasteiger partial charge in [0, 0.05) is 17.8 Å². The van der Waals surface area contributed by atoms with E-state index < -0.39 is 0 Å². The Kier molecular flexibility index (Phi) is 5.67. The predicted molar refractivity (Wildman–Crippen MR) is 76.9 cm³/mol. The van der Waals surface area contributed by atoms with E-state index in [0.29, 0.717) is 17.2 Å². The molecule has 0 spiro atoms. The van der Waals surface area contributed by atoms with Crippen molar-refractivity contribution in [3.63, 3.8) is 0 Å². The average molecular weight is 261 g/mol. The molecule has 0 aliphatic carbocycles. The summed E-state index contributed by atoms with van der Waals surface area (Å²) in [5.74, 6) is 1.04. The number of amides is 1. The molecule has 1 aromatic rings. The smallest absolute Gasteiger partial charge is 0.248 e. The first-order chi connectivity index (χ1) is 9.12. The number of methoxy groups -OCH3 is 2. The summed E-state index contributed by atoms with van der Waals surface area (Å²) in [5, 5.41) is 2.80. The number of carbonyl (C=O) groups is 1. The van der Waals surface area contributed by atoms with E-state index in [1.165, 1.54) is 6.08 Å². The summed E-state index contributed by atoms with van der Waals surface area (Å²) in [6.45, 7) is 3.79. The lowest BCUT2D eigenvalue weighted by Crippen LogP contribution is -2.09. The number of ether oxygens (including phenoxy) is 2. The lowest BCUT2D eigenvalue weighted by Gasteiger charge is -2.12. The molecule has 0 heterocycles. The van der Waals surface area contributed by atoms with Crippen LogP contribution in [0.25, 0.3) is 0 Å². The van der Waals surface area contributed by atoms with Crippen molar-refractivity contribution in [1.82, 2.24) is 0 Å². The zero-order valence-electron chi connectivity index (χ0n) is 11.7. The molecule has 1 rings (SSSR count). The summed E-state index contributed by atoms with van der Waals surface area (Å²) < 4.78 is 10.4. The van der Waals surface area contributed by atoms with E-state index in [-0.39, 0.29) is 5.91 Å². The van der Waals surface area contributed by atoms with Crippen molar-refractivity contribution in [2.75, 3.05) is 19.5 Å². The predicted octanol–water partition coefficient (Wildman–Crippen LogP) is 3.08. The van der Waals surface area contributed by atoms with E-state index in [1.807, 2.05) is 26.0 Å². The average Bonchev–Trinajstić information content (AvgIpc) is 2.40. The number of hydrogen-bond donors (Lipinski definition) is 1. The number of hydrogen-bond acceptors (Lipinski definition) is 3. The second kappa shape index (κ2) is 7.26. The topological polar surface area (TPSA) is 47.6 Å². The van der Waals surface area contributed by atoms with Crippen LogP contribution in [0, 0.1) is 6.92 Å². The third kappa shape index (κ3) is 4.17. The van der Waals surface area contributed by atoms with E-state index in [4.69, 9.17) is 9.47 Å². The maximum absolute atomic E-state index is 11.7. The molecule has 102 valence electrons. The fourth-order valence-corrected chi connectivity index (χ4v) is 1.54. The van der Waals surface area contributed by atoms with Crippen LogP contribution in [-0.4, -0.2) is 20.1 Å². The second-order valence-corrected chi connectivity index (χ2v) is 3.90. The molecule has 19 heavy (non-hydrogen) atoms. The quantitative estimate of drug-likeness (QED) is 0.654. The van der Waals surface area contributed by atoms with Crippen molar-refractivity contribution in [1.29, 1.82) is 0 Å². The molecule has 1 N–H and O–H groups in total. The van der Waals surface area contributed by atoms with Crippen LogP contribution in [0.3, 0.4) is 0 Å². The van der Waals surface area contributed by atoms with E-state index in [0.717, 1.165) is 5.56 Å². The number of anilines is 1. The van der Waals surface area contributed by atoms with Gasteiger partial charge in [0.1, 0.15) is 0 Å². The molecule has 0 aromatic heterocycles. The minimum Gasteiger partial charge on any atom is -0.493 e. The normalized spacial score (nSPS) is 10.9. The molecular formula is C15H19NO3. The van der Waals surface area contributed by atoms with E-state index in [9.17, 15) is 4.79 Å². The first-order valence-electron chi connectivity index (χ1n) is 5.95. The minimum absolute atomic E-state index is 0.187. The Labute approximate surface area is 113 Å². The molecule has 0 saturated carbocycles. The largest absolute Gasteiger partial charge is 0.493 e. The van der Waals surface area contributed by atoms with E-state index >= 15 is 0 Å². The van der Waals surface area contributed by atoms with Gasteiger partial charge in [-0.15, -0.1) is 0 Å². The molecule has 0 saturated heterocycles. The van der Waals surface area contributed by atoms with Gasteiger partial charge >= 0.3 is 0 Å². The third-order valence-corrected chi connectivity index (χ3v) is 2.54. The van der Waals surface area contributed by atoms with Crippen molar-refractivity contribution in [3.05, 3.63) is 42.0 Å². The van der Waals surface area contributed by atoms with Crippen molar-refractivity contribution >= 4 is 11.6 Å². The lowest BCUT2D eigenvalue weighted by atomic mass is 10.1. The number of nitrogens with one attached hydrogen (secondary N) is 1. The van der Waals surface area contributed by atoms with Gasteiger partial charge in [0.05, 0.1) is 14.2 Å². The standard InChI is InChI=1S/C15H19NO3/c1-5-6-7-8-15(17)16-12-10-14(19-4)13(18-3)9-11(12)2/h5-10H,1-4H3,(H,16,17)/b6-5+,8-7+. The molecule has 1 aromatic carbocycles. The highest BCUT2D eigenvalue weighted by molar-refractivity contribution is 6.00. The van der Waals surface area contributed by atoms with Crippen molar-refractivity contribution in [2.24, 2.45) is 0 Å². The minimum atomic E-state index is -0.187. The van der Waals surface area contributed by atoms with Crippen molar-refractivity contribution < 1.29 is 14.3 Å². The van der Waals surface area contributed by atoms with E-state index in [1.54, 1.807) is 32.4 Å². The van der Waals surface area contributed by atoms with Gasteiger partial charge in [0.15, 0.2) is 11.5 Å². The molecule has 1 amide bonds. The molecule has 4 nitrogen and oxygen atoms in total. The van der Waals surface area contributed by atoms with Crippen LogP contribution in [0.2, 0.25) is 0 Å². The van der Waals surface area contributed by atoms with Gasteiger partial charge in [-0.05, 0) is 25.5 Å². The first-order valence-corrected chi connectivity index (χ1v) is 5.95. The zero-order valence-corrected chi connectivity index (χ0v) is 11.7. The van der Waals surface area contributed by atoms with Gasteiger partial charge in [-0.1, -0.05) is 18.2 Å². The first kappa shape index (κ1) is 14.8. The Balaban J connectivity index is 2.92. The number of aryl methyl sites for hydroxylation is 1. The zero-order chi connectivity index (χ0) is 14.3. The number of benzene rings is 1. The number of allylic oxidation sites excluding steroid dienone is 3. The summed E-state index contributed by atoms with van der Waals surface area (Å²) in [6.07, 6.45) is 6.80. The van der Waals surface area contributed by atoms with Gasteiger partial charge in [0.2, 0.25) is 5.91 Å². The van der Waals surface area contributed by atoms with Crippen LogP contribution in [0.15, 0.2) is 36.4 Å². The maximum Gasteiger partial charge on any atom is 0.248 e. The summed E-state index contributed by atoms with van der Waals surface area (Å²) in [7, 11) is 3.14. The summed E-state index contributed by atoms with van der Waals surface area (Å²) in [6, 6.07) is 3.57. The van der Waals surface area contributed by atoms with Gasteiger partial charge in [0.25, 0.3) is 0 Å². The molecule has 4 heteroatoms. The Morgan fingerprint density at radius 2 is 1.79 bits per heavy atom. The van der Waals surface area contributed by atoms with Crippen LogP contribution < -0.4 is 14.8 Å². The van der Waals surface area contributed by atoms with Crippen LogP contribution in [0.5, 0.6) is 11.5 Å². The maximum atomic E-state index is 11.7. The lowest BCUT2D eigenvalue weighted by molar-refractivity contribution is -0.111. The number of rotatable bonds is 5. The molecular weight excluding hydrogens is 242 g/mol. The highest BCUT2D eigenvalue weighted by Crippen LogP contribution is 2.32. The van der Waals surface area contributed by atoms with Gasteiger partial charge in [-0.2, -0.15) is 0 Å². The monoisotopic (exact) mass is 261 g/mol. The summed E-state index contributed by atoms with van der Waals surface area (Å²) >= 11 is 0. The molecule has 0 radical (unpaired) electrons. The van der Waals surface area contributed by atoms with Crippen LogP contribution >= 0.6 is 0 Å². The number of carbonyl (C=O) groups excluding carboxylic acids is 1. The van der Waals surface area contributed by atoms with Gasteiger partial charge in [-0.25, -0.2) is 0 Å². The van der Waals surface area contributed by atoms with Crippen molar-refractivity contribution in [2.45, 2.75) is 13.8 Å². The fraction of sp³-hybridized carbons (Fsp3) is 0.267. The second-order valence-electron chi connectivity index (χ2n) is 3.90. The van der Waals surface area contributed by atoms with Crippen molar-refractivity contribution in [3.8, 4) is 11.5 Å². The molecule has 0 aliphatic heterocycles. The fourth-order valence-electron chi connectivity index (χ4n) is 1.54. The van der Waals surface area contributed by atoms with Crippen LogP contribution in [0.4, 0.5) is 5.69 Å². The summed E-state index contributed by atoms with van der Waals surface area (Å²) in [4.78, 5) is 11.7. The van der Waals surface area contributed by atoms with E-state index in [2.05, 4.69) is 5.32 Å². The highest BCUT2D eigenvalue weighted by atomic mass is 16.5. The van der Waals surface area contributed by atoms with Gasteiger partial charge < -0.3 is 14.8 Å². The molecule has 0 bridgehead atoms. The highest BCUT2D eigenvalue weighted by Gasteiger charge is 2.09. The molecule has 0 unspecified atom stereocenters. The summed E-state index contributed by atoms with van der Waals surface area (Å²) in [5.41, 5.74) is 1.61. The van der Waals surface area contributed by atoms with Gasteiger partial charge in [-0.3, -0.25) is 4.79 Å². The Morgan fingerprint density at radius 3 is 2.37 bits per heavy atom. The van der Waals surface area contributed by atoms with Crippen LogP contribution in [-0.2, 0) is 4.79 Å². The third-order valence-electron chi connectivity index (χ3n) is 2.54. The van der Waals surface area contributed by atoms with Crippen LogP contribution in [0.1, 0.15) is 12.5 Å². The Hall–Kier alpha value is -2.23. The molecule has 0 aliphatic rings.